The van der Waals surface area contributed by atoms with Crippen molar-refractivity contribution in [3.63, 3.8) is 0 Å². The van der Waals surface area contributed by atoms with Crippen LogP contribution in [-0.4, -0.2) is 4.98 Å². The summed E-state index contributed by atoms with van der Waals surface area (Å²) in [6, 6.07) is 6.25. The van der Waals surface area contributed by atoms with Crippen LogP contribution in [0.2, 0.25) is 0 Å². The van der Waals surface area contributed by atoms with Crippen LogP contribution in [0, 0.1) is 6.92 Å². The molecule has 0 atom stereocenters. The molecule has 0 saturated heterocycles. The van der Waals surface area contributed by atoms with E-state index in [-0.39, 0.29) is 0 Å². The number of hydrogen-bond acceptors (Lipinski definition) is 3. The zero-order valence-corrected chi connectivity index (χ0v) is 8.84. The van der Waals surface area contributed by atoms with Gasteiger partial charge in [-0.15, -0.1) is 11.3 Å². The van der Waals surface area contributed by atoms with E-state index in [9.17, 15) is 0 Å². The van der Waals surface area contributed by atoms with E-state index in [2.05, 4.69) is 24.0 Å². The van der Waals surface area contributed by atoms with Crippen molar-refractivity contribution in [1.82, 2.24) is 4.98 Å². The fourth-order valence-electron chi connectivity index (χ4n) is 1.38. The Morgan fingerprint density at radius 1 is 1.36 bits per heavy atom. The smallest absolute Gasteiger partial charge is 0.0349 e. The van der Waals surface area contributed by atoms with Gasteiger partial charge in [0.25, 0.3) is 0 Å². The van der Waals surface area contributed by atoms with E-state index in [1.54, 1.807) is 11.3 Å². The van der Waals surface area contributed by atoms with Gasteiger partial charge in [0.05, 0.1) is 0 Å². The van der Waals surface area contributed by atoms with Crippen molar-refractivity contribution in [2.24, 2.45) is 5.73 Å². The van der Waals surface area contributed by atoms with E-state index >= 15 is 0 Å². The lowest BCUT2D eigenvalue weighted by Crippen LogP contribution is -1.91. The average Bonchev–Trinajstić information content (AvgIpc) is 2.67. The SMILES string of the molecule is Cc1cnccc1-c1ccc(CN)s1. The summed E-state index contributed by atoms with van der Waals surface area (Å²) in [6.45, 7) is 2.69. The van der Waals surface area contributed by atoms with E-state index in [4.69, 9.17) is 5.73 Å². The van der Waals surface area contributed by atoms with Crippen LogP contribution in [0.5, 0.6) is 0 Å². The molecule has 14 heavy (non-hydrogen) atoms. The fourth-order valence-corrected chi connectivity index (χ4v) is 2.36. The van der Waals surface area contributed by atoms with E-state index in [0.717, 1.165) is 0 Å². The second-order valence-electron chi connectivity index (χ2n) is 3.16. The highest BCUT2D eigenvalue weighted by Gasteiger charge is 2.03. The van der Waals surface area contributed by atoms with Crippen LogP contribution >= 0.6 is 11.3 Å². The Kier molecular flexibility index (Phi) is 2.61. The molecule has 0 unspecified atom stereocenters. The van der Waals surface area contributed by atoms with Crippen molar-refractivity contribution in [3.8, 4) is 10.4 Å². The van der Waals surface area contributed by atoms with E-state index in [1.165, 1.54) is 20.9 Å². The first-order valence-corrected chi connectivity index (χ1v) is 5.32. The van der Waals surface area contributed by atoms with Crippen LogP contribution in [0.4, 0.5) is 0 Å². The molecule has 2 N–H and O–H groups in total. The number of hydrogen-bond donors (Lipinski definition) is 1. The minimum atomic E-state index is 0.620. The predicted octanol–water partition coefficient (Wildman–Crippen LogP) is 2.58. The van der Waals surface area contributed by atoms with Crippen LogP contribution < -0.4 is 5.73 Å². The standard InChI is InChI=1S/C11H12N2S/c1-8-7-13-5-4-10(8)11-3-2-9(6-12)14-11/h2-5,7H,6,12H2,1H3. The van der Waals surface area contributed by atoms with Gasteiger partial charge in [0.2, 0.25) is 0 Å². The summed E-state index contributed by atoms with van der Waals surface area (Å²) >= 11 is 1.75. The molecule has 0 aliphatic rings. The van der Waals surface area contributed by atoms with Gasteiger partial charge >= 0.3 is 0 Å². The third-order valence-electron chi connectivity index (χ3n) is 2.15. The summed E-state index contributed by atoms with van der Waals surface area (Å²) in [5, 5.41) is 0. The van der Waals surface area contributed by atoms with Gasteiger partial charge in [0.15, 0.2) is 0 Å². The Morgan fingerprint density at radius 2 is 2.21 bits per heavy atom. The maximum atomic E-state index is 5.58. The van der Waals surface area contributed by atoms with Gasteiger partial charge in [-0.1, -0.05) is 0 Å². The lowest BCUT2D eigenvalue weighted by Gasteiger charge is -2.00. The van der Waals surface area contributed by atoms with Crippen molar-refractivity contribution >= 4 is 11.3 Å². The molecule has 0 aliphatic carbocycles. The molecule has 0 fully saturated rings. The van der Waals surface area contributed by atoms with E-state index in [1.807, 2.05) is 18.5 Å². The maximum Gasteiger partial charge on any atom is 0.0349 e. The highest BCUT2D eigenvalue weighted by molar-refractivity contribution is 7.15. The zero-order valence-electron chi connectivity index (χ0n) is 8.03. The maximum absolute atomic E-state index is 5.58. The van der Waals surface area contributed by atoms with Gasteiger partial charge in [0.1, 0.15) is 0 Å². The number of nitrogens with zero attached hydrogens (tertiary/aromatic N) is 1. The third kappa shape index (κ3) is 1.69. The molecular formula is C11H12N2S. The quantitative estimate of drug-likeness (QED) is 0.816. The highest BCUT2D eigenvalue weighted by atomic mass is 32.1. The van der Waals surface area contributed by atoms with Crippen molar-refractivity contribution in [2.75, 3.05) is 0 Å². The third-order valence-corrected chi connectivity index (χ3v) is 3.29. The molecule has 0 bridgehead atoms. The molecule has 2 heterocycles. The summed E-state index contributed by atoms with van der Waals surface area (Å²) in [5.74, 6) is 0. The molecule has 0 saturated carbocycles. The Balaban J connectivity index is 2.44. The van der Waals surface area contributed by atoms with Crippen LogP contribution in [0.3, 0.4) is 0 Å². The number of aromatic nitrogens is 1. The second-order valence-corrected chi connectivity index (χ2v) is 4.33. The summed E-state index contributed by atoms with van der Waals surface area (Å²) < 4.78 is 0. The predicted molar refractivity (Wildman–Crippen MR) is 60.2 cm³/mol. The van der Waals surface area contributed by atoms with Gasteiger partial charge in [-0.25, -0.2) is 0 Å². The topological polar surface area (TPSA) is 38.9 Å². The fraction of sp³-hybridized carbons (Fsp3) is 0.182. The van der Waals surface area contributed by atoms with Gasteiger partial charge in [-0.05, 0) is 36.2 Å². The summed E-state index contributed by atoms with van der Waals surface area (Å²) in [7, 11) is 0. The van der Waals surface area contributed by atoms with Crippen molar-refractivity contribution in [1.29, 1.82) is 0 Å². The van der Waals surface area contributed by atoms with Crippen molar-refractivity contribution in [3.05, 3.63) is 41.0 Å². The number of aryl methyl sites for hydroxylation is 1. The number of thiophene rings is 1. The first kappa shape index (κ1) is 9.37. The molecule has 0 spiro atoms. The van der Waals surface area contributed by atoms with Gasteiger partial charge < -0.3 is 5.73 Å². The Labute approximate surface area is 87.4 Å². The molecule has 2 nitrogen and oxygen atoms in total. The summed E-state index contributed by atoms with van der Waals surface area (Å²) in [4.78, 5) is 6.56. The summed E-state index contributed by atoms with van der Waals surface area (Å²) in [5.41, 5.74) is 8.04. The first-order chi connectivity index (χ1) is 6.81. The van der Waals surface area contributed by atoms with E-state index in [0.29, 0.717) is 6.54 Å². The van der Waals surface area contributed by atoms with Crippen LogP contribution in [0.25, 0.3) is 10.4 Å². The normalized spacial score (nSPS) is 10.4. The molecule has 2 aromatic rings. The molecule has 2 aromatic heterocycles. The molecule has 0 aliphatic heterocycles. The Bertz CT molecular complexity index is 434. The minimum absolute atomic E-state index is 0.620. The van der Waals surface area contributed by atoms with Gasteiger partial charge in [0, 0.05) is 28.7 Å². The Morgan fingerprint density at radius 3 is 2.86 bits per heavy atom. The monoisotopic (exact) mass is 204 g/mol. The highest BCUT2D eigenvalue weighted by Crippen LogP contribution is 2.29. The van der Waals surface area contributed by atoms with Crippen molar-refractivity contribution < 1.29 is 0 Å². The Hall–Kier alpha value is -1.19. The first-order valence-electron chi connectivity index (χ1n) is 4.51. The van der Waals surface area contributed by atoms with Crippen LogP contribution in [0.1, 0.15) is 10.4 Å². The molecule has 0 radical (unpaired) electrons. The minimum Gasteiger partial charge on any atom is -0.326 e. The van der Waals surface area contributed by atoms with Crippen LogP contribution in [-0.2, 0) is 6.54 Å². The van der Waals surface area contributed by atoms with Gasteiger partial charge in [-0.3, -0.25) is 4.98 Å². The summed E-state index contributed by atoms with van der Waals surface area (Å²) in [6.07, 6.45) is 3.71. The zero-order chi connectivity index (χ0) is 9.97. The van der Waals surface area contributed by atoms with Gasteiger partial charge in [-0.2, -0.15) is 0 Å². The largest absolute Gasteiger partial charge is 0.326 e. The molecular weight excluding hydrogens is 192 g/mol. The molecule has 72 valence electrons. The molecule has 3 heteroatoms. The molecule has 0 aromatic carbocycles. The lowest BCUT2D eigenvalue weighted by atomic mass is 10.1. The number of nitrogens with two attached hydrogens (primary N) is 1. The lowest BCUT2D eigenvalue weighted by molar-refractivity contribution is 1.11. The molecule has 2 rings (SSSR count). The van der Waals surface area contributed by atoms with E-state index < -0.39 is 0 Å². The number of rotatable bonds is 2. The second kappa shape index (κ2) is 3.90. The van der Waals surface area contributed by atoms with Crippen molar-refractivity contribution in [2.45, 2.75) is 13.5 Å². The van der Waals surface area contributed by atoms with Crippen LogP contribution in [0.15, 0.2) is 30.6 Å². The number of pyridine rings is 1. The average molecular weight is 204 g/mol. The molecule has 0 amide bonds.